The number of anilines is 2. The minimum Gasteiger partial charge on any atom is -0.462 e. The lowest BCUT2D eigenvalue weighted by Gasteiger charge is -2.10. The lowest BCUT2D eigenvalue weighted by atomic mass is 10.2. The van der Waals surface area contributed by atoms with Crippen molar-refractivity contribution in [1.82, 2.24) is 15.3 Å². The average Bonchev–Trinajstić information content (AvgIpc) is 2.63. The standard InChI is InChI=1S/C17H20N4O4/c1-3-25-16(23)12-6-4-5-7-13(12)20-17-19-9-8-14(21-17)15(22)18-10-11-24-2/h4-9H,3,10-11H2,1-2H3,(H,18,22)(H,19,20,21). The van der Waals surface area contributed by atoms with E-state index in [1.807, 2.05) is 0 Å². The number of methoxy groups -OCH3 is 1. The van der Waals surface area contributed by atoms with Crippen LogP contribution in [0, 0.1) is 0 Å². The topological polar surface area (TPSA) is 102 Å². The second kappa shape index (κ2) is 9.33. The molecule has 2 aromatic rings. The Balaban J connectivity index is 2.15. The second-order valence-electron chi connectivity index (χ2n) is 4.91. The molecule has 0 saturated carbocycles. The fraction of sp³-hybridized carbons (Fsp3) is 0.294. The quantitative estimate of drug-likeness (QED) is 0.556. The van der Waals surface area contributed by atoms with Gasteiger partial charge >= 0.3 is 5.97 Å². The fourth-order valence-corrected chi connectivity index (χ4v) is 2.00. The van der Waals surface area contributed by atoms with Gasteiger partial charge in [-0.3, -0.25) is 4.79 Å². The Morgan fingerprint density at radius 3 is 2.76 bits per heavy atom. The van der Waals surface area contributed by atoms with Gasteiger partial charge in [0.25, 0.3) is 5.91 Å². The van der Waals surface area contributed by atoms with Crippen LogP contribution in [0.15, 0.2) is 36.5 Å². The molecule has 0 aliphatic rings. The smallest absolute Gasteiger partial charge is 0.340 e. The molecule has 0 atom stereocenters. The number of aromatic nitrogens is 2. The van der Waals surface area contributed by atoms with E-state index >= 15 is 0 Å². The number of para-hydroxylation sites is 1. The number of carbonyl (C=O) groups is 2. The molecule has 1 aromatic carbocycles. The molecule has 2 N–H and O–H groups in total. The molecule has 25 heavy (non-hydrogen) atoms. The number of amides is 1. The van der Waals surface area contributed by atoms with E-state index in [1.165, 1.54) is 12.3 Å². The SMILES string of the molecule is CCOC(=O)c1ccccc1Nc1nccc(C(=O)NCCOC)n1. The van der Waals surface area contributed by atoms with Gasteiger partial charge in [0, 0.05) is 19.9 Å². The van der Waals surface area contributed by atoms with Crippen LogP contribution in [0.4, 0.5) is 11.6 Å². The maximum Gasteiger partial charge on any atom is 0.340 e. The molecule has 8 nitrogen and oxygen atoms in total. The van der Waals surface area contributed by atoms with Gasteiger partial charge in [-0.05, 0) is 25.1 Å². The average molecular weight is 344 g/mol. The van der Waals surface area contributed by atoms with E-state index < -0.39 is 5.97 Å². The lowest BCUT2D eigenvalue weighted by Crippen LogP contribution is -2.27. The molecule has 0 fully saturated rings. The Bertz CT molecular complexity index is 736. The first-order valence-electron chi connectivity index (χ1n) is 7.79. The van der Waals surface area contributed by atoms with E-state index in [0.717, 1.165) is 0 Å². The van der Waals surface area contributed by atoms with E-state index in [1.54, 1.807) is 38.3 Å². The molecule has 1 aromatic heterocycles. The third-order valence-electron chi connectivity index (χ3n) is 3.15. The van der Waals surface area contributed by atoms with Crippen molar-refractivity contribution in [1.29, 1.82) is 0 Å². The summed E-state index contributed by atoms with van der Waals surface area (Å²) >= 11 is 0. The van der Waals surface area contributed by atoms with Crippen LogP contribution in [0.25, 0.3) is 0 Å². The van der Waals surface area contributed by atoms with Crippen molar-refractivity contribution in [3.63, 3.8) is 0 Å². The number of hydrogen-bond acceptors (Lipinski definition) is 7. The number of hydrogen-bond donors (Lipinski definition) is 2. The largest absolute Gasteiger partial charge is 0.462 e. The molecule has 0 aliphatic heterocycles. The minimum atomic E-state index is -0.445. The number of benzene rings is 1. The van der Waals surface area contributed by atoms with E-state index in [4.69, 9.17) is 9.47 Å². The zero-order valence-electron chi connectivity index (χ0n) is 14.1. The van der Waals surface area contributed by atoms with Crippen LogP contribution in [-0.2, 0) is 9.47 Å². The van der Waals surface area contributed by atoms with Crippen LogP contribution in [0.5, 0.6) is 0 Å². The molecule has 0 radical (unpaired) electrons. The molecule has 0 saturated heterocycles. The molecule has 0 aliphatic carbocycles. The summed E-state index contributed by atoms with van der Waals surface area (Å²) in [7, 11) is 1.56. The van der Waals surface area contributed by atoms with E-state index in [0.29, 0.717) is 24.4 Å². The van der Waals surface area contributed by atoms with Crippen LogP contribution >= 0.6 is 0 Å². The van der Waals surface area contributed by atoms with Crippen molar-refractivity contribution < 1.29 is 19.1 Å². The molecular weight excluding hydrogens is 324 g/mol. The van der Waals surface area contributed by atoms with Crippen molar-refractivity contribution in [3.05, 3.63) is 47.8 Å². The van der Waals surface area contributed by atoms with Crippen LogP contribution in [0.1, 0.15) is 27.8 Å². The molecule has 0 spiro atoms. The summed E-state index contributed by atoms with van der Waals surface area (Å²) in [5.74, 6) is -0.573. The van der Waals surface area contributed by atoms with Crippen LogP contribution in [-0.4, -0.2) is 48.7 Å². The van der Waals surface area contributed by atoms with Gasteiger partial charge in [-0.1, -0.05) is 12.1 Å². The van der Waals surface area contributed by atoms with Crippen molar-refractivity contribution in [2.45, 2.75) is 6.92 Å². The van der Waals surface area contributed by atoms with E-state index in [9.17, 15) is 9.59 Å². The molecular formula is C17H20N4O4. The van der Waals surface area contributed by atoms with Gasteiger partial charge in [-0.2, -0.15) is 0 Å². The molecule has 0 unspecified atom stereocenters. The van der Waals surface area contributed by atoms with Crippen LogP contribution in [0.2, 0.25) is 0 Å². The zero-order chi connectivity index (χ0) is 18.1. The van der Waals surface area contributed by atoms with Crippen molar-refractivity contribution in [2.75, 3.05) is 32.2 Å². The van der Waals surface area contributed by atoms with Gasteiger partial charge in [-0.15, -0.1) is 0 Å². The monoisotopic (exact) mass is 344 g/mol. The molecule has 0 bridgehead atoms. The number of nitrogens with one attached hydrogen (secondary N) is 2. The first-order chi connectivity index (χ1) is 12.2. The number of esters is 1. The fourth-order valence-electron chi connectivity index (χ4n) is 2.00. The summed E-state index contributed by atoms with van der Waals surface area (Å²) in [6, 6.07) is 8.36. The molecule has 1 amide bonds. The third kappa shape index (κ3) is 5.25. The summed E-state index contributed by atoms with van der Waals surface area (Å²) in [4.78, 5) is 32.3. The number of rotatable bonds is 8. The molecule has 1 heterocycles. The van der Waals surface area contributed by atoms with E-state index in [2.05, 4.69) is 20.6 Å². The predicted molar refractivity (Wildman–Crippen MR) is 91.9 cm³/mol. The highest BCUT2D eigenvalue weighted by Gasteiger charge is 2.14. The molecule has 132 valence electrons. The van der Waals surface area contributed by atoms with Crippen molar-refractivity contribution in [3.8, 4) is 0 Å². The van der Waals surface area contributed by atoms with Crippen LogP contribution in [0.3, 0.4) is 0 Å². The molecule has 2 rings (SSSR count). The number of nitrogens with zero attached hydrogens (tertiary/aromatic N) is 2. The summed E-state index contributed by atoms with van der Waals surface area (Å²) in [5.41, 5.74) is 1.07. The normalized spacial score (nSPS) is 10.2. The number of carbonyl (C=O) groups excluding carboxylic acids is 2. The summed E-state index contributed by atoms with van der Waals surface area (Å²) < 4.78 is 9.91. The summed E-state index contributed by atoms with van der Waals surface area (Å²) in [6.45, 7) is 2.81. The first kappa shape index (κ1) is 18.3. The van der Waals surface area contributed by atoms with Gasteiger partial charge in [0.05, 0.1) is 24.5 Å². The van der Waals surface area contributed by atoms with E-state index in [-0.39, 0.29) is 24.2 Å². The minimum absolute atomic E-state index is 0.205. The second-order valence-corrected chi connectivity index (χ2v) is 4.91. The Labute approximate surface area is 145 Å². The Kier molecular flexibility index (Phi) is 6.85. The maximum absolute atomic E-state index is 12.0. The Morgan fingerprint density at radius 1 is 1.20 bits per heavy atom. The summed E-state index contributed by atoms with van der Waals surface area (Å²) in [5, 5.41) is 5.63. The maximum atomic E-state index is 12.0. The first-order valence-corrected chi connectivity index (χ1v) is 7.79. The Morgan fingerprint density at radius 2 is 2.00 bits per heavy atom. The van der Waals surface area contributed by atoms with Crippen molar-refractivity contribution in [2.24, 2.45) is 0 Å². The zero-order valence-corrected chi connectivity index (χ0v) is 14.1. The number of ether oxygens (including phenoxy) is 2. The van der Waals surface area contributed by atoms with Gasteiger partial charge in [0.1, 0.15) is 5.69 Å². The summed E-state index contributed by atoms with van der Waals surface area (Å²) in [6.07, 6.45) is 1.47. The predicted octanol–water partition coefficient (Wildman–Crippen LogP) is 1.77. The Hall–Kier alpha value is -3.00. The van der Waals surface area contributed by atoms with Gasteiger partial charge in [-0.25, -0.2) is 14.8 Å². The highest BCUT2D eigenvalue weighted by atomic mass is 16.5. The van der Waals surface area contributed by atoms with Crippen LogP contribution < -0.4 is 10.6 Å². The van der Waals surface area contributed by atoms with Gasteiger partial charge in [0.15, 0.2) is 0 Å². The van der Waals surface area contributed by atoms with Gasteiger partial charge in [0.2, 0.25) is 5.95 Å². The third-order valence-corrected chi connectivity index (χ3v) is 3.15. The molecule has 8 heteroatoms. The van der Waals surface area contributed by atoms with Gasteiger partial charge < -0.3 is 20.1 Å². The lowest BCUT2D eigenvalue weighted by molar-refractivity contribution is 0.0527. The highest BCUT2D eigenvalue weighted by molar-refractivity contribution is 5.96. The highest BCUT2D eigenvalue weighted by Crippen LogP contribution is 2.19. The van der Waals surface area contributed by atoms with Crippen molar-refractivity contribution >= 4 is 23.5 Å².